The second-order valence-corrected chi connectivity index (χ2v) is 5.38. The Bertz CT molecular complexity index is 431. The van der Waals surface area contributed by atoms with Gasteiger partial charge in [0.2, 0.25) is 0 Å². The largest absolute Gasteiger partial charge is 0.484 e. The van der Waals surface area contributed by atoms with E-state index in [1.807, 2.05) is 0 Å². The monoisotopic (exact) mass is 338 g/mol. The van der Waals surface area contributed by atoms with Crippen molar-refractivity contribution in [2.75, 3.05) is 19.7 Å². The number of piperidine rings is 1. The van der Waals surface area contributed by atoms with E-state index in [-0.39, 0.29) is 31.0 Å². The van der Waals surface area contributed by atoms with Crippen molar-refractivity contribution < 1.29 is 9.53 Å². The molecular weight excluding hydrogens is 323 g/mol. The fraction of sp³-hybridized carbons (Fsp3) is 0.462. The number of nitrogens with one attached hydrogen (secondary N) is 2. The predicted octanol–water partition coefficient (Wildman–Crippen LogP) is 2.66. The maximum absolute atomic E-state index is 11.7. The third-order valence-corrected chi connectivity index (χ3v) is 3.30. The fourth-order valence-corrected chi connectivity index (χ4v) is 2.51. The first kappa shape index (κ1) is 17.4. The molecule has 112 valence electrons. The second kappa shape index (κ2) is 8.57. The SMILES string of the molecule is Cl.O=C(COc1cc(Cl)cc(Cl)c1)NC1CCCNC1. The summed E-state index contributed by atoms with van der Waals surface area (Å²) in [6.45, 7) is 1.80. The van der Waals surface area contributed by atoms with E-state index in [0.717, 1.165) is 25.9 Å². The summed E-state index contributed by atoms with van der Waals surface area (Å²) in [6.07, 6.45) is 2.08. The van der Waals surface area contributed by atoms with Gasteiger partial charge in [-0.1, -0.05) is 23.2 Å². The van der Waals surface area contributed by atoms with Crippen LogP contribution < -0.4 is 15.4 Å². The van der Waals surface area contributed by atoms with E-state index < -0.39 is 0 Å². The summed E-state index contributed by atoms with van der Waals surface area (Å²) < 4.78 is 5.37. The van der Waals surface area contributed by atoms with Gasteiger partial charge in [0.05, 0.1) is 0 Å². The van der Waals surface area contributed by atoms with Crippen LogP contribution in [0.5, 0.6) is 5.75 Å². The molecular formula is C13H17Cl3N2O2. The number of rotatable bonds is 4. The highest BCUT2D eigenvalue weighted by Gasteiger charge is 2.15. The third-order valence-electron chi connectivity index (χ3n) is 2.87. The molecule has 1 aliphatic rings. The molecule has 0 radical (unpaired) electrons. The molecule has 0 aliphatic carbocycles. The molecule has 7 heteroatoms. The summed E-state index contributed by atoms with van der Waals surface area (Å²) in [4.78, 5) is 11.7. The molecule has 1 saturated heterocycles. The van der Waals surface area contributed by atoms with Crippen LogP contribution in [0.25, 0.3) is 0 Å². The fourth-order valence-electron chi connectivity index (χ4n) is 2.01. The zero-order chi connectivity index (χ0) is 13.7. The van der Waals surface area contributed by atoms with Crippen LogP contribution in [0.1, 0.15) is 12.8 Å². The van der Waals surface area contributed by atoms with Crippen LogP contribution in [0, 0.1) is 0 Å². The van der Waals surface area contributed by atoms with Crippen LogP contribution in [0.15, 0.2) is 18.2 Å². The van der Waals surface area contributed by atoms with Gasteiger partial charge in [-0.05, 0) is 37.6 Å². The molecule has 1 aromatic rings. The highest BCUT2D eigenvalue weighted by atomic mass is 35.5. The molecule has 20 heavy (non-hydrogen) atoms. The Kier molecular flexibility index (Phi) is 7.45. The predicted molar refractivity (Wildman–Crippen MR) is 83.2 cm³/mol. The van der Waals surface area contributed by atoms with Gasteiger partial charge in [0, 0.05) is 22.6 Å². The minimum atomic E-state index is -0.134. The van der Waals surface area contributed by atoms with Crippen LogP contribution in [0.3, 0.4) is 0 Å². The number of ether oxygens (including phenoxy) is 1. The third kappa shape index (κ3) is 5.75. The first-order valence-corrected chi connectivity index (χ1v) is 6.98. The van der Waals surface area contributed by atoms with Gasteiger partial charge >= 0.3 is 0 Å². The number of hydrogen-bond donors (Lipinski definition) is 2. The van der Waals surface area contributed by atoms with Crippen molar-refractivity contribution in [1.82, 2.24) is 10.6 Å². The second-order valence-electron chi connectivity index (χ2n) is 4.50. The quantitative estimate of drug-likeness (QED) is 0.887. The highest BCUT2D eigenvalue weighted by molar-refractivity contribution is 6.34. The summed E-state index contributed by atoms with van der Waals surface area (Å²) in [6, 6.07) is 5.06. The molecule has 0 saturated carbocycles. The summed E-state index contributed by atoms with van der Waals surface area (Å²) in [7, 11) is 0. The van der Waals surface area contributed by atoms with Gasteiger partial charge in [0.25, 0.3) is 5.91 Å². The molecule has 0 aromatic heterocycles. The van der Waals surface area contributed by atoms with Crippen LogP contribution >= 0.6 is 35.6 Å². The van der Waals surface area contributed by atoms with Crippen LogP contribution in [0.2, 0.25) is 10.0 Å². The molecule has 1 atom stereocenters. The van der Waals surface area contributed by atoms with E-state index in [1.54, 1.807) is 18.2 Å². The Hall–Kier alpha value is -0.680. The minimum absolute atomic E-state index is 0. The van der Waals surface area contributed by atoms with Crippen molar-refractivity contribution in [1.29, 1.82) is 0 Å². The average Bonchev–Trinajstić information content (AvgIpc) is 2.36. The average molecular weight is 340 g/mol. The van der Waals surface area contributed by atoms with E-state index in [0.29, 0.717) is 15.8 Å². The van der Waals surface area contributed by atoms with Gasteiger partial charge in [-0.15, -0.1) is 12.4 Å². The number of amides is 1. The Morgan fingerprint density at radius 3 is 2.65 bits per heavy atom. The van der Waals surface area contributed by atoms with Crippen molar-refractivity contribution >= 4 is 41.5 Å². The molecule has 2 rings (SSSR count). The van der Waals surface area contributed by atoms with E-state index in [4.69, 9.17) is 27.9 Å². The molecule has 4 nitrogen and oxygen atoms in total. The van der Waals surface area contributed by atoms with Gasteiger partial charge in [0.15, 0.2) is 6.61 Å². The van der Waals surface area contributed by atoms with Gasteiger partial charge in [0.1, 0.15) is 5.75 Å². The van der Waals surface area contributed by atoms with Gasteiger partial charge < -0.3 is 15.4 Å². The molecule has 1 heterocycles. The van der Waals surface area contributed by atoms with Crippen LogP contribution in [-0.4, -0.2) is 31.6 Å². The van der Waals surface area contributed by atoms with E-state index in [2.05, 4.69) is 10.6 Å². The van der Waals surface area contributed by atoms with Crippen molar-refractivity contribution in [2.45, 2.75) is 18.9 Å². The summed E-state index contributed by atoms with van der Waals surface area (Å²) >= 11 is 11.7. The van der Waals surface area contributed by atoms with Crippen LogP contribution in [-0.2, 0) is 4.79 Å². The van der Waals surface area contributed by atoms with E-state index >= 15 is 0 Å². The van der Waals surface area contributed by atoms with Gasteiger partial charge in [-0.3, -0.25) is 4.79 Å². The summed E-state index contributed by atoms with van der Waals surface area (Å²) in [5.41, 5.74) is 0. The lowest BCUT2D eigenvalue weighted by Gasteiger charge is -2.23. The maximum atomic E-state index is 11.7. The molecule has 1 unspecified atom stereocenters. The molecule has 1 amide bonds. The smallest absolute Gasteiger partial charge is 0.258 e. The highest BCUT2D eigenvalue weighted by Crippen LogP contribution is 2.23. The van der Waals surface area contributed by atoms with Crippen molar-refractivity contribution in [3.05, 3.63) is 28.2 Å². The van der Waals surface area contributed by atoms with Crippen molar-refractivity contribution in [2.24, 2.45) is 0 Å². The van der Waals surface area contributed by atoms with Crippen molar-refractivity contribution in [3.8, 4) is 5.75 Å². The molecule has 1 aliphatic heterocycles. The normalized spacial score (nSPS) is 18.0. The first-order chi connectivity index (χ1) is 9.13. The molecule has 1 fully saturated rings. The molecule has 0 bridgehead atoms. The summed E-state index contributed by atoms with van der Waals surface area (Å²) in [5, 5.41) is 7.14. The maximum Gasteiger partial charge on any atom is 0.258 e. The Morgan fingerprint density at radius 2 is 2.05 bits per heavy atom. The zero-order valence-electron chi connectivity index (χ0n) is 10.8. The Balaban J connectivity index is 0.00000200. The Labute approximate surface area is 134 Å². The first-order valence-electron chi connectivity index (χ1n) is 6.22. The topological polar surface area (TPSA) is 50.4 Å². The summed E-state index contributed by atoms with van der Waals surface area (Å²) in [5.74, 6) is 0.360. The van der Waals surface area contributed by atoms with E-state index in [9.17, 15) is 4.79 Å². The number of halogens is 3. The van der Waals surface area contributed by atoms with E-state index in [1.165, 1.54) is 0 Å². The number of carbonyl (C=O) groups excluding carboxylic acids is 1. The van der Waals surface area contributed by atoms with Gasteiger partial charge in [-0.25, -0.2) is 0 Å². The standard InChI is InChI=1S/C13H16Cl2N2O2.ClH/c14-9-4-10(15)6-12(5-9)19-8-13(18)17-11-2-1-3-16-7-11;/h4-6,11,16H,1-3,7-8H2,(H,17,18);1H. The van der Waals surface area contributed by atoms with Crippen LogP contribution in [0.4, 0.5) is 0 Å². The lowest BCUT2D eigenvalue weighted by molar-refractivity contribution is -0.123. The molecule has 2 N–H and O–H groups in total. The minimum Gasteiger partial charge on any atom is -0.484 e. The molecule has 1 aromatic carbocycles. The van der Waals surface area contributed by atoms with Crippen molar-refractivity contribution in [3.63, 3.8) is 0 Å². The zero-order valence-corrected chi connectivity index (χ0v) is 13.2. The number of benzene rings is 1. The molecule has 0 spiro atoms. The Morgan fingerprint density at radius 1 is 1.35 bits per heavy atom. The lowest BCUT2D eigenvalue weighted by atomic mass is 10.1. The lowest BCUT2D eigenvalue weighted by Crippen LogP contribution is -2.46. The van der Waals surface area contributed by atoms with Gasteiger partial charge in [-0.2, -0.15) is 0 Å². The number of carbonyl (C=O) groups is 1. The number of hydrogen-bond acceptors (Lipinski definition) is 3.